The molecule has 2 heterocycles. The van der Waals surface area contributed by atoms with Crippen LogP contribution in [-0.2, 0) is 0 Å². The van der Waals surface area contributed by atoms with E-state index in [1.807, 2.05) is 0 Å². The Morgan fingerprint density at radius 2 is 2.26 bits per heavy atom. The molecule has 1 aromatic heterocycles. The maximum absolute atomic E-state index is 5.45. The molecule has 0 aromatic carbocycles. The van der Waals surface area contributed by atoms with E-state index in [2.05, 4.69) is 39.3 Å². The van der Waals surface area contributed by atoms with E-state index in [1.165, 1.54) is 12.7 Å². The molecular formula is C12H22N6O. The molecule has 0 amide bonds. The van der Waals surface area contributed by atoms with E-state index in [4.69, 9.17) is 10.6 Å². The number of aromatic nitrogens is 2. The van der Waals surface area contributed by atoms with Crippen LogP contribution in [-0.4, -0.2) is 55.2 Å². The van der Waals surface area contributed by atoms with Gasteiger partial charge in [0.2, 0.25) is 5.75 Å². The molecule has 1 fully saturated rings. The number of nitrogens with two attached hydrogens (primary N) is 1. The number of nitrogen functional groups attached to an aromatic ring is 1. The van der Waals surface area contributed by atoms with Gasteiger partial charge in [-0.2, -0.15) is 0 Å². The lowest BCUT2D eigenvalue weighted by Crippen LogP contribution is -2.45. The van der Waals surface area contributed by atoms with Crippen molar-refractivity contribution in [2.45, 2.75) is 18.9 Å². The summed E-state index contributed by atoms with van der Waals surface area (Å²) >= 11 is 0. The van der Waals surface area contributed by atoms with Crippen LogP contribution in [0.2, 0.25) is 0 Å². The van der Waals surface area contributed by atoms with Crippen LogP contribution >= 0.6 is 0 Å². The Morgan fingerprint density at radius 1 is 1.47 bits per heavy atom. The standard InChI is InChI=1S/C12H22N6O/c1-17(2)9-5-4-6-18(7-9)12-10(19-3)11(16-13)14-8-15-12/h8-9H,4-7,13H2,1-3H3,(H,14,15,16). The molecule has 1 aromatic rings. The van der Waals surface area contributed by atoms with Crippen LogP contribution in [0.1, 0.15) is 12.8 Å². The fourth-order valence-corrected chi connectivity index (χ4v) is 2.45. The molecule has 1 atom stereocenters. The predicted octanol–water partition coefficient (Wildman–Crippen LogP) is 0.301. The van der Waals surface area contributed by atoms with Gasteiger partial charge in [-0.05, 0) is 26.9 Å². The summed E-state index contributed by atoms with van der Waals surface area (Å²) in [5, 5.41) is 0. The largest absolute Gasteiger partial charge is 0.490 e. The predicted molar refractivity (Wildman–Crippen MR) is 75.3 cm³/mol. The highest BCUT2D eigenvalue weighted by Gasteiger charge is 2.25. The summed E-state index contributed by atoms with van der Waals surface area (Å²) in [4.78, 5) is 12.9. The zero-order chi connectivity index (χ0) is 13.8. The van der Waals surface area contributed by atoms with Gasteiger partial charge in [0, 0.05) is 19.1 Å². The van der Waals surface area contributed by atoms with E-state index in [1.54, 1.807) is 7.11 Å². The second-order valence-corrected chi connectivity index (χ2v) is 4.93. The van der Waals surface area contributed by atoms with E-state index in [0.29, 0.717) is 17.6 Å². The van der Waals surface area contributed by atoms with Gasteiger partial charge >= 0.3 is 0 Å². The first-order valence-electron chi connectivity index (χ1n) is 6.44. The van der Waals surface area contributed by atoms with E-state index < -0.39 is 0 Å². The van der Waals surface area contributed by atoms with Crippen molar-refractivity contribution in [3.63, 3.8) is 0 Å². The van der Waals surface area contributed by atoms with Crippen molar-refractivity contribution in [3.05, 3.63) is 6.33 Å². The molecule has 0 spiro atoms. The van der Waals surface area contributed by atoms with Crippen LogP contribution in [0.5, 0.6) is 5.75 Å². The van der Waals surface area contributed by atoms with E-state index in [9.17, 15) is 0 Å². The van der Waals surface area contributed by atoms with E-state index >= 15 is 0 Å². The van der Waals surface area contributed by atoms with Crippen LogP contribution in [0.3, 0.4) is 0 Å². The maximum atomic E-state index is 5.45. The second-order valence-electron chi connectivity index (χ2n) is 4.93. The number of nitrogens with zero attached hydrogens (tertiary/aromatic N) is 4. The first-order valence-corrected chi connectivity index (χ1v) is 6.44. The molecule has 1 unspecified atom stereocenters. The molecule has 1 saturated heterocycles. The smallest absolute Gasteiger partial charge is 0.205 e. The Balaban J connectivity index is 2.25. The molecule has 2 rings (SSSR count). The second kappa shape index (κ2) is 6.03. The Labute approximate surface area is 113 Å². The summed E-state index contributed by atoms with van der Waals surface area (Å²) in [5.41, 5.74) is 2.55. The first kappa shape index (κ1) is 13.8. The number of ether oxygens (including phenoxy) is 1. The molecule has 7 nitrogen and oxygen atoms in total. The zero-order valence-electron chi connectivity index (χ0n) is 11.8. The molecule has 3 N–H and O–H groups in total. The minimum atomic E-state index is 0.513. The molecule has 0 saturated carbocycles. The quantitative estimate of drug-likeness (QED) is 0.599. The number of methoxy groups -OCH3 is 1. The van der Waals surface area contributed by atoms with Crippen LogP contribution in [0.4, 0.5) is 11.6 Å². The number of rotatable bonds is 4. The lowest BCUT2D eigenvalue weighted by atomic mass is 10.0. The van der Waals surface area contributed by atoms with Crippen LogP contribution < -0.4 is 20.9 Å². The number of anilines is 2. The number of hydrogen-bond donors (Lipinski definition) is 2. The van der Waals surface area contributed by atoms with Crippen molar-refractivity contribution in [1.82, 2.24) is 14.9 Å². The van der Waals surface area contributed by atoms with Crippen molar-refractivity contribution in [3.8, 4) is 5.75 Å². The van der Waals surface area contributed by atoms with Gasteiger partial charge in [0.25, 0.3) is 0 Å². The molecule has 1 aliphatic rings. The number of likely N-dealkylation sites (N-methyl/N-ethyl adjacent to an activating group) is 1. The summed E-state index contributed by atoms with van der Waals surface area (Å²) < 4.78 is 5.39. The summed E-state index contributed by atoms with van der Waals surface area (Å²) in [6, 6.07) is 0.530. The number of nitrogens with one attached hydrogen (secondary N) is 1. The van der Waals surface area contributed by atoms with E-state index in [-0.39, 0.29) is 0 Å². The van der Waals surface area contributed by atoms with Crippen molar-refractivity contribution in [2.75, 3.05) is 44.6 Å². The van der Waals surface area contributed by atoms with Crippen molar-refractivity contribution >= 4 is 11.6 Å². The van der Waals surface area contributed by atoms with Gasteiger partial charge < -0.3 is 20.0 Å². The van der Waals surface area contributed by atoms with Crippen LogP contribution in [0.15, 0.2) is 6.33 Å². The summed E-state index contributed by atoms with van der Waals surface area (Å²) in [5.74, 6) is 7.37. The average molecular weight is 266 g/mol. The third kappa shape index (κ3) is 2.87. The highest BCUT2D eigenvalue weighted by Crippen LogP contribution is 2.33. The highest BCUT2D eigenvalue weighted by atomic mass is 16.5. The zero-order valence-corrected chi connectivity index (χ0v) is 11.8. The maximum Gasteiger partial charge on any atom is 0.205 e. The van der Waals surface area contributed by atoms with Gasteiger partial charge in [-0.3, -0.25) is 0 Å². The SMILES string of the molecule is COc1c(NN)ncnc1N1CCCC(N(C)C)C1. The van der Waals surface area contributed by atoms with Crippen molar-refractivity contribution in [1.29, 1.82) is 0 Å². The van der Waals surface area contributed by atoms with Gasteiger partial charge in [0.15, 0.2) is 11.6 Å². The highest BCUT2D eigenvalue weighted by molar-refractivity contribution is 5.64. The fraction of sp³-hybridized carbons (Fsp3) is 0.667. The molecule has 0 aliphatic carbocycles. The van der Waals surface area contributed by atoms with Crippen molar-refractivity contribution in [2.24, 2.45) is 5.84 Å². The lowest BCUT2D eigenvalue weighted by Gasteiger charge is -2.37. The van der Waals surface area contributed by atoms with Crippen LogP contribution in [0.25, 0.3) is 0 Å². The Kier molecular flexibility index (Phi) is 4.39. The van der Waals surface area contributed by atoms with Crippen LogP contribution in [0, 0.1) is 0 Å². The summed E-state index contributed by atoms with van der Waals surface area (Å²) in [6.45, 7) is 1.91. The average Bonchev–Trinajstić information content (AvgIpc) is 2.46. The number of hydrazine groups is 1. The fourth-order valence-electron chi connectivity index (χ4n) is 2.45. The minimum Gasteiger partial charge on any atom is -0.490 e. The Hall–Kier alpha value is -1.60. The lowest BCUT2D eigenvalue weighted by molar-refractivity contribution is 0.256. The number of hydrogen-bond acceptors (Lipinski definition) is 7. The Morgan fingerprint density at radius 3 is 2.89 bits per heavy atom. The van der Waals surface area contributed by atoms with Gasteiger partial charge in [0.1, 0.15) is 6.33 Å². The first-order chi connectivity index (χ1) is 9.17. The molecule has 7 heteroatoms. The Bertz CT molecular complexity index is 425. The number of piperidine rings is 1. The summed E-state index contributed by atoms with van der Waals surface area (Å²) in [6.07, 6.45) is 3.85. The third-order valence-electron chi connectivity index (χ3n) is 3.55. The minimum absolute atomic E-state index is 0.513. The molecule has 0 bridgehead atoms. The molecule has 106 valence electrons. The molecule has 19 heavy (non-hydrogen) atoms. The molecular weight excluding hydrogens is 244 g/mol. The van der Waals surface area contributed by atoms with Gasteiger partial charge in [-0.1, -0.05) is 0 Å². The third-order valence-corrected chi connectivity index (χ3v) is 3.55. The topological polar surface area (TPSA) is 79.5 Å². The van der Waals surface area contributed by atoms with Gasteiger partial charge in [-0.25, -0.2) is 15.8 Å². The van der Waals surface area contributed by atoms with E-state index in [0.717, 1.165) is 25.3 Å². The summed E-state index contributed by atoms with van der Waals surface area (Å²) in [7, 11) is 5.83. The molecule has 0 radical (unpaired) electrons. The normalized spacial score (nSPS) is 19.6. The van der Waals surface area contributed by atoms with Gasteiger partial charge in [-0.15, -0.1) is 0 Å². The molecule has 1 aliphatic heterocycles. The van der Waals surface area contributed by atoms with Gasteiger partial charge in [0.05, 0.1) is 7.11 Å². The monoisotopic (exact) mass is 266 g/mol. The van der Waals surface area contributed by atoms with Crippen molar-refractivity contribution < 1.29 is 4.74 Å².